The molecule has 3 heterocycles. The predicted octanol–water partition coefficient (Wildman–Crippen LogP) is 0.361. The number of morpholine rings is 1. The van der Waals surface area contributed by atoms with Gasteiger partial charge in [-0.25, -0.2) is 23.4 Å². The summed E-state index contributed by atoms with van der Waals surface area (Å²) < 4.78 is 28.7. The second kappa shape index (κ2) is 6.09. The van der Waals surface area contributed by atoms with Crippen LogP contribution in [0.15, 0.2) is 29.4 Å². The first-order valence-corrected chi connectivity index (χ1v) is 8.97. The predicted molar refractivity (Wildman–Crippen MR) is 85.8 cm³/mol. The Hall–Kier alpha value is -2.26. The number of rotatable bonds is 3. The van der Waals surface area contributed by atoms with Crippen molar-refractivity contribution in [1.29, 1.82) is 0 Å². The SMILES string of the molecule is CS(=O)(=O)c1nc(N)cc(-c2cccc(N3CCOCC3)n2)n1. The van der Waals surface area contributed by atoms with Crippen LogP contribution in [-0.4, -0.2) is 55.9 Å². The van der Waals surface area contributed by atoms with Crippen molar-refractivity contribution in [3.8, 4) is 11.4 Å². The Morgan fingerprint density at radius 1 is 1.13 bits per heavy atom. The van der Waals surface area contributed by atoms with Crippen LogP contribution in [-0.2, 0) is 14.6 Å². The lowest BCUT2D eigenvalue weighted by Gasteiger charge is -2.28. The molecule has 0 atom stereocenters. The number of sulfone groups is 1. The van der Waals surface area contributed by atoms with E-state index in [2.05, 4.69) is 19.9 Å². The molecular formula is C14H17N5O3S. The molecule has 2 aromatic heterocycles. The van der Waals surface area contributed by atoms with Gasteiger partial charge in [0.2, 0.25) is 15.0 Å². The largest absolute Gasteiger partial charge is 0.384 e. The van der Waals surface area contributed by atoms with Crippen LogP contribution in [0.1, 0.15) is 0 Å². The topological polar surface area (TPSA) is 111 Å². The van der Waals surface area contributed by atoms with Gasteiger partial charge >= 0.3 is 0 Å². The van der Waals surface area contributed by atoms with Crippen molar-refractivity contribution in [1.82, 2.24) is 15.0 Å². The minimum Gasteiger partial charge on any atom is -0.384 e. The molecule has 0 amide bonds. The molecular weight excluding hydrogens is 318 g/mol. The van der Waals surface area contributed by atoms with Crippen LogP contribution in [0, 0.1) is 0 Å². The quantitative estimate of drug-likeness (QED) is 0.800. The van der Waals surface area contributed by atoms with E-state index >= 15 is 0 Å². The van der Waals surface area contributed by atoms with Gasteiger partial charge in [-0.1, -0.05) is 6.07 Å². The molecule has 0 aromatic carbocycles. The van der Waals surface area contributed by atoms with Gasteiger partial charge in [-0.15, -0.1) is 0 Å². The summed E-state index contributed by atoms with van der Waals surface area (Å²) in [6.45, 7) is 2.84. The molecule has 122 valence electrons. The van der Waals surface area contributed by atoms with Gasteiger partial charge < -0.3 is 15.4 Å². The standard InChI is InChI=1S/C14H17N5O3S/c1-23(20,21)14-17-11(9-12(15)18-14)10-3-2-4-13(16-10)19-5-7-22-8-6-19/h2-4,9H,5-8H2,1H3,(H2,15,17,18). The van der Waals surface area contributed by atoms with E-state index in [1.807, 2.05) is 12.1 Å². The zero-order valence-corrected chi connectivity index (χ0v) is 13.5. The maximum Gasteiger partial charge on any atom is 0.249 e. The number of nitrogen functional groups attached to an aromatic ring is 1. The zero-order chi connectivity index (χ0) is 16.4. The molecule has 0 bridgehead atoms. The Labute approximate surface area is 134 Å². The minimum atomic E-state index is -3.54. The highest BCUT2D eigenvalue weighted by Crippen LogP contribution is 2.22. The number of aromatic nitrogens is 3. The smallest absolute Gasteiger partial charge is 0.249 e. The minimum absolute atomic E-state index is 0.0917. The number of ether oxygens (including phenoxy) is 1. The van der Waals surface area contributed by atoms with Crippen LogP contribution in [0.25, 0.3) is 11.4 Å². The van der Waals surface area contributed by atoms with Gasteiger partial charge in [0.25, 0.3) is 0 Å². The van der Waals surface area contributed by atoms with Crippen molar-refractivity contribution in [3.63, 3.8) is 0 Å². The molecule has 1 aliphatic heterocycles. The van der Waals surface area contributed by atoms with Crippen molar-refractivity contribution in [2.24, 2.45) is 0 Å². The summed E-state index contributed by atoms with van der Waals surface area (Å²) >= 11 is 0. The van der Waals surface area contributed by atoms with Crippen molar-refractivity contribution in [2.45, 2.75) is 5.16 Å². The summed E-state index contributed by atoms with van der Waals surface area (Å²) in [4.78, 5) is 14.5. The zero-order valence-electron chi connectivity index (χ0n) is 12.6. The van der Waals surface area contributed by atoms with Crippen LogP contribution in [0.4, 0.5) is 11.6 Å². The van der Waals surface area contributed by atoms with E-state index in [1.54, 1.807) is 6.07 Å². The Bertz CT molecular complexity index is 819. The first-order valence-electron chi connectivity index (χ1n) is 7.08. The van der Waals surface area contributed by atoms with Crippen LogP contribution in [0.5, 0.6) is 0 Å². The van der Waals surface area contributed by atoms with Gasteiger partial charge in [-0.3, -0.25) is 0 Å². The fraction of sp³-hybridized carbons (Fsp3) is 0.357. The van der Waals surface area contributed by atoms with Crippen molar-refractivity contribution in [2.75, 3.05) is 43.2 Å². The molecule has 1 aliphatic rings. The molecule has 0 aliphatic carbocycles. The maximum absolute atomic E-state index is 11.7. The summed E-state index contributed by atoms with van der Waals surface area (Å²) in [6, 6.07) is 7.03. The second-order valence-electron chi connectivity index (χ2n) is 5.21. The summed E-state index contributed by atoms with van der Waals surface area (Å²) in [5.74, 6) is 0.887. The molecule has 0 saturated carbocycles. The van der Waals surface area contributed by atoms with E-state index in [9.17, 15) is 8.42 Å². The van der Waals surface area contributed by atoms with Crippen molar-refractivity contribution in [3.05, 3.63) is 24.3 Å². The number of nitrogens with zero attached hydrogens (tertiary/aromatic N) is 4. The lowest BCUT2D eigenvalue weighted by atomic mass is 10.2. The van der Waals surface area contributed by atoms with Crippen LogP contribution >= 0.6 is 0 Å². The lowest BCUT2D eigenvalue weighted by molar-refractivity contribution is 0.122. The Morgan fingerprint density at radius 3 is 2.57 bits per heavy atom. The van der Waals surface area contributed by atoms with Gasteiger partial charge in [0.05, 0.1) is 24.6 Å². The van der Waals surface area contributed by atoms with Crippen LogP contribution in [0.2, 0.25) is 0 Å². The Kier molecular flexibility index (Phi) is 4.14. The van der Waals surface area contributed by atoms with E-state index in [-0.39, 0.29) is 11.0 Å². The summed E-state index contributed by atoms with van der Waals surface area (Å²) in [5.41, 5.74) is 6.64. The Balaban J connectivity index is 2.00. The highest BCUT2D eigenvalue weighted by Gasteiger charge is 2.17. The maximum atomic E-state index is 11.7. The number of pyridine rings is 1. The van der Waals surface area contributed by atoms with Crippen LogP contribution < -0.4 is 10.6 Å². The average molecular weight is 335 g/mol. The van der Waals surface area contributed by atoms with Gasteiger partial charge in [0.15, 0.2) is 0 Å². The molecule has 0 unspecified atom stereocenters. The first-order chi connectivity index (χ1) is 10.9. The second-order valence-corrected chi connectivity index (χ2v) is 7.12. The van der Waals surface area contributed by atoms with E-state index in [4.69, 9.17) is 10.5 Å². The number of nitrogens with two attached hydrogens (primary N) is 1. The molecule has 9 heteroatoms. The van der Waals surface area contributed by atoms with E-state index < -0.39 is 9.84 Å². The highest BCUT2D eigenvalue weighted by molar-refractivity contribution is 7.90. The normalized spacial score (nSPS) is 15.6. The van der Waals surface area contributed by atoms with E-state index in [0.29, 0.717) is 24.6 Å². The summed E-state index contributed by atoms with van der Waals surface area (Å²) in [6.07, 6.45) is 1.04. The lowest BCUT2D eigenvalue weighted by Crippen LogP contribution is -2.36. The molecule has 2 N–H and O–H groups in total. The average Bonchev–Trinajstić information content (AvgIpc) is 2.54. The molecule has 0 radical (unpaired) electrons. The third-order valence-electron chi connectivity index (χ3n) is 3.39. The molecule has 8 nitrogen and oxygen atoms in total. The Morgan fingerprint density at radius 2 is 1.87 bits per heavy atom. The van der Waals surface area contributed by atoms with E-state index in [0.717, 1.165) is 25.2 Å². The highest BCUT2D eigenvalue weighted by atomic mass is 32.2. The molecule has 1 saturated heterocycles. The van der Waals surface area contributed by atoms with Gasteiger partial charge in [-0.2, -0.15) is 0 Å². The van der Waals surface area contributed by atoms with Gasteiger partial charge in [0.1, 0.15) is 11.6 Å². The third-order valence-corrected chi connectivity index (χ3v) is 4.23. The fourth-order valence-corrected chi connectivity index (χ4v) is 2.81. The van der Waals surface area contributed by atoms with E-state index in [1.165, 1.54) is 6.07 Å². The summed E-state index contributed by atoms with van der Waals surface area (Å²) in [7, 11) is -3.54. The van der Waals surface area contributed by atoms with Crippen molar-refractivity contribution >= 4 is 21.5 Å². The molecule has 2 aromatic rings. The number of hydrogen-bond acceptors (Lipinski definition) is 8. The number of hydrogen-bond donors (Lipinski definition) is 1. The fourth-order valence-electron chi connectivity index (χ4n) is 2.27. The first kappa shape index (κ1) is 15.6. The van der Waals surface area contributed by atoms with Gasteiger partial charge in [-0.05, 0) is 12.1 Å². The van der Waals surface area contributed by atoms with Gasteiger partial charge in [0, 0.05) is 25.4 Å². The van der Waals surface area contributed by atoms with Crippen molar-refractivity contribution < 1.29 is 13.2 Å². The number of anilines is 2. The monoisotopic (exact) mass is 335 g/mol. The molecule has 23 heavy (non-hydrogen) atoms. The molecule has 1 fully saturated rings. The van der Waals surface area contributed by atoms with Crippen LogP contribution in [0.3, 0.4) is 0 Å². The molecule has 0 spiro atoms. The summed E-state index contributed by atoms with van der Waals surface area (Å²) in [5, 5.41) is -0.300. The molecule has 3 rings (SSSR count). The third kappa shape index (κ3) is 3.57.